The second-order valence-corrected chi connectivity index (χ2v) is 8.22. The molecular weight excluding hydrogens is 336 g/mol. The SMILES string of the molecule is O=C(O)N1CCc2ccccc2C1(c1ccccc1)[C@H]1CN2CCC1CC2. The zero-order valence-corrected chi connectivity index (χ0v) is 15.6. The maximum atomic E-state index is 12.5. The number of carbonyl (C=O) groups is 1. The van der Waals surface area contributed by atoms with E-state index in [1.807, 2.05) is 6.07 Å². The molecule has 0 radical (unpaired) electrons. The van der Waals surface area contributed by atoms with Gasteiger partial charge in [-0.05, 0) is 55.0 Å². The van der Waals surface area contributed by atoms with Crippen LogP contribution < -0.4 is 0 Å². The number of carboxylic acid groups (broad SMARTS) is 1. The van der Waals surface area contributed by atoms with E-state index in [-0.39, 0.29) is 0 Å². The average Bonchev–Trinajstić information content (AvgIpc) is 2.74. The van der Waals surface area contributed by atoms with Crippen LogP contribution in [0.2, 0.25) is 0 Å². The minimum absolute atomic E-state index is 0.292. The van der Waals surface area contributed by atoms with Crippen molar-refractivity contribution in [2.45, 2.75) is 24.8 Å². The normalized spacial score (nSPS) is 32.1. The molecule has 3 fully saturated rings. The Balaban J connectivity index is 1.79. The highest BCUT2D eigenvalue weighted by atomic mass is 16.4. The van der Waals surface area contributed by atoms with Gasteiger partial charge in [0.1, 0.15) is 5.54 Å². The summed E-state index contributed by atoms with van der Waals surface area (Å²) >= 11 is 0. The van der Waals surface area contributed by atoms with Gasteiger partial charge in [0.15, 0.2) is 0 Å². The Morgan fingerprint density at radius 3 is 2.33 bits per heavy atom. The molecule has 2 atom stereocenters. The van der Waals surface area contributed by atoms with Crippen LogP contribution in [0.5, 0.6) is 0 Å². The molecule has 3 saturated heterocycles. The van der Waals surface area contributed by atoms with Crippen LogP contribution in [0.4, 0.5) is 4.79 Å². The van der Waals surface area contributed by atoms with E-state index in [2.05, 4.69) is 53.4 Å². The summed E-state index contributed by atoms with van der Waals surface area (Å²) in [5.41, 5.74) is 3.03. The summed E-state index contributed by atoms with van der Waals surface area (Å²) in [5, 5.41) is 10.3. The molecule has 0 saturated carbocycles. The molecule has 1 N–H and O–H groups in total. The van der Waals surface area contributed by atoms with Gasteiger partial charge >= 0.3 is 6.09 Å². The molecule has 0 spiro atoms. The third-order valence-electron chi connectivity index (χ3n) is 7.10. The van der Waals surface area contributed by atoms with Crippen LogP contribution in [0, 0.1) is 11.8 Å². The summed E-state index contributed by atoms with van der Waals surface area (Å²) < 4.78 is 0. The molecule has 4 nitrogen and oxygen atoms in total. The minimum Gasteiger partial charge on any atom is -0.465 e. The van der Waals surface area contributed by atoms with Gasteiger partial charge in [-0.15, -0.1) is 0 Å². The van der Waals surface area contributed by atoms with E-state index >= 15 is 0 Å². The molecule has 6 rings (SSSR count). The lowest BCUT2D eigenvalue weighted by atomic mass is 9.60. The Hall–Kier alpha value is -2.33. The first kappa shape index (κ1) is 16.8. The fourth-order valence-corrected chi connectivity index (χ4v) is 5.97. The molecule has 2 aromatic carbocycles. The maximum absolute atomic E-state index is 12.5. The molecule has 2 aromatic rings. The number of nitrogens with zero attached hydrogens (tertiary/aromatic N) is 2. The lowest BCUT2D eigenvalue weighted by molar-refractivity contribution is -0.0422. The third-order valence-corrected chi connectivity index (χ3v) is 7.10. The number of benzene rings is 2. The highest BCUT2D eigenvalue weighted by Gasteiger charge is 2.56. The third kappa shape index (κ3) is 2.43. The van der Waals surface area contributed by atoms with Gasteiger partial charge < -0.3 is 10.0 Å². The molecule has 4 aliphatic rings. The molecular formula is C23H26N2O2. The zero-order valence-electron chi connectivity index (χ0n) is 15.6. The van der Waals surface area contributed by atoms with E-state index in [1.54, 1.807) is 4.90 Å². The van der Waals surface area contributed by atoms with Crippen molar-refractivity contribution in [2.75, 3.05) is 26.2 Å². The Kier molecular flexibility index (Phi) is 3.97. The Morgan fingerprint density at radius 2 is 1.67 bits per heavy atom. The van der Waals surface area contributed by atoms with Crippen LogP contribution in [0.3, 0.4) is 0 Å². The monoisotopic (exact) mass is 362 g/mol. The van der Waals surface area contributed by atoms with E-state index in [1.165, 1.54) is 24.0 Å². The minimum atomic E-state index is -0.801. The van der Waals surface area contributed by atoms with E-state index in [0.29, 0.717) is 18.4 Å². The number of hydrogen-bond donors (Lipinski definition) is 1. The summed E-state index contributed by atoms with van der Waals surface area (Å²) in [7, 11) is 0. The van der Waals surface area contributed by atoms with Gasteiger partial charge in [-0.1, -0.05) is 54.6 Å². The average molecular weight is 362 g/mol. The summed E-state index contributed by atoms with van der Waals surface area (Å²) in [4.78, 5) is 16.8. The molecule has 1 amide bonds. The van der Waals surface area contributed by atoms with Crippen LogP contribution in [0.15, 0.2) is 54.6 Å². The van der Waals surface area contributed by atoms with Crippen LogP contribution in [0.1, 0.15) is 29.5 Å². The molecule has 0 aliphatic carbocycles. The van der Waals surface area contributed by atoms with Crippen LogP contribution in [-0.4, -0.2) is 47.2 Å². The highest BCUT2D eigenvalue weighted by molar-refractivity contribution is 5.70. The topological polar surface area (TPSA) is 43.8 Å². The predicted molar refractivity (Wildman–Crippen MR) is 105 cm³/mol. The van der Waals surface area contributed by atoms with Crippen molar-refractivity contribution in [3.63, 3.8) is 0 Å². The Labute approximate surface area is 160 Å². The summed E-state index contributed by atoms with van der Waals surface area (Å²) in [6.45, 7) is 3.85. The van der Waals surface area contributed by atoms with Crippen molar-refractivity contribution in [2.24, 2.45) is 11.8 Å². The Bertz CT molecular complexity index is 844. The van der Waals surface area contributed by atoms with Crippen molar-refractivity contribution < 1.29 is 9.90 Å². The van der Waals surface area contributed by atoms with Gasteiger partial charge in [-0.2, -0.15) is 0 Å². The van der Waals surface area contributed by atoms with Gasteiger partial charge in [0.05, 0.1) is 0 Å². The van der Waals surface area contributed by atoms with Crippen LogP contribution in [0.25, 0.3) is 0 Å². The van der Waals surface area contributed by atoms with E-state index < -0.39 is 11.6 Å². The maximum Gasteiger partial charge on any atom is 0.408 e. The van der Waals surface area contributed by atoms with E-state index in [9.17, 15) is 9.90 Å². The zero-order chi connectivity index (χ0) is 18.4. The first-order valence-electron chi connectivity index (χ1n) is 10.1. The Morgan fingerprint density at radius 1 is 0.963 bits per heavy atom. The van der Waals surface area contributed by atoms with Gasteiger partial charge in [0.2, 0.25) is 0 Å². The lowest BCUT2D eigenvalue weighted by Gasteiger charge is -2.58. The first-order valence-corrected chi connectivity index (χ1v) is 10.1. The standard InChI is InChI=1S/C23H26N2O2/c26-22(27)25-15-12-17-6-4-5-9-20(17)23(25,19-7-2-1-3-8-19)21-16-24-13-10-18(21)11-14-24/h1-9,18,21H,10-16H2,(H,26,27)/t21-,23?/m0/s1. The second-order valence-electron chi connectivity index (χ2n) is 8.22. The molecule has 1 unspecified atom stereocenters. The van der Waals surface area contributed by atoms with Gasteiger partial charge in [-0.3, -0.25) is 4.90 Å². The fraction of sp³-hybridized carbons (Fsp3) is 0.435. The van der Waals surface area contributed by atoms with Crippen molar-refractivity contribution in [3.05, 3.63) is 71.3 Å². The highest BCUT2D eigenvalue weighted by Crippen LogP contribution is 2.52. The molecule has 4 heteroatoms. The largest absolute Gasteiger partial charge is 0.465 e. The van der Waals surface area contributed by atoms with Crippen molar-refractivity contribution in [1.29, 1.82) is 0 Å². The smallest absolute Gasteiger partial charge is 0.408 e. The number of fused-ring (bicyclic) bond motifs is 4. The van der Waals surface area contributed by atoms with Gasteiger partial charge in [0.25, 0.3) is 0 Å². The first-order chi connectivity index (χ1) is 13.2. The number of hydrogen-bond acceptors (Lipinski definition) is 2. The molecule has 2 bridgehead atoms. The molecule has 140 valence electrons. The number of amides is 1. The van der Waals surface area contributed by atoms with Gasteiger partial charge in [-0.25, -0.2) is 4.79 Å². The lowest BCUT2D eigenvalue weighted by Crippen LogP contribution is -2.64. The van der Waals surface area contributed by atoms with E-state index in [0.717, 1.165) is 31.6 Å². The fourth-order valence-electron chi connectivity index (χ4n) is 5.97. The molecule has 4 aliphatic heterocycles. The molecule has 0 aromatic heterocycles. The van der Waals surface area contributed by atoms with Crippen molar-refractivity contribution >= 4 is 6.09 Å². The summed E-state index contributed by atoms with van der Waals surface area (Å²) in [6.07, 6.45) is 2.34. The molecule has 27 heavy (non-hydrogen) atoms. The van der Waals surface area contributed by atoms with Crippen LogP contribution >= 0.6 is 0 Å². The van der Waals surface area contributed by atoms with Crippen molar-refractivity contribution in [3.8, 4) is 0 Å². The second kappa shape index (κ2) is 6.38. The molecule has 4 heterocycles. The van der Waals surface area contributed by atoms with Crippen LogP contribution in [-0.2, 0) is 12.0 Å². The quantitative estimate of drug-likeness (QED) is 0.883. The summed E-state index contributed by atoms with van der Waals surface area (Å²) in [5.74, 6) is 0.864. The van der Waals surface area contributed by atoms with Gasteiger partial charge in [0, 0.05) is 19.0 Å². The predicted octanol–water partition coefficient (Wildman–Crippen LogP) is 3.81. The summed E-state index contributed by atoms with van der Waals surface area (Å²) in [6, 6.07) is 18.9. The van der Waals surface area contributed by atoms with E-state index in [4.69, 9.17) is 0 Å². The number of piperidine rings is 3. The number of rotatable bonds is 2. The van der Waals surface area contributed by atoms with Crippen molar-refractivity contribution in [1.82, 2.24) is 9.80 Å².